The highest BCUT2D eigenvalue weighted by Gasteiger charge is 2.25. The minimum atomic E-state index is -0.655. The number of nitrogens with two attached hydrogens (primary N) is 1. The lowest BCUT2D eigenvalue weighted by Crippen LogP contribution is -2.24. The molecule has 0 aliphatic heterocycles. The van der Waals surface area contributed by atoms with Crippen LogP contribution >= 0.6 is 11.3 Å². The van der Waals surface area contributed by atoms with Crippen molar-refractivity contribution in [2.75, 3.05) is 18.5 Å². The number of carbonyl (C=O) groups excluding carboxylic acids is 3. The number of nitrogens with one attached hydrogen (secondary N) is 1. The van der Waals surface area contributed by atoms with E-state index in [4.69, 9.17) is 15.2 Å². The SMILES string of the molecule is Cc1cccc(OCC(=O)OCC(=O)Nc2sc3c(c2C(N)=O)CCCC3)c1. The number of rotatable bonds is 7. The number of primary amides is 1. The van der Waals surface area contributed by atoms with E-state index in [9.17, 15) is 14.4 Å². The molecule has 0 saturated carbocycles. The van der Waals surface area contributed by atoms with Crippen LogP contribution in [0.5, 0.6) is 5.75 Å². The van der Waals surface area contributed by atoms with Gasteiger partial charge in [0.15, 0.2) is 13.2 Å². The van der Waals surface area contributed by atoms with Crippen LogP contribution in [0.3, 0.4) is 0 Å². The van der Waals surface area contributed by atoms with Gasteiger partial charge in [0.1, 0.15) is 10.8 Å². The van der Waals surface area contributed by atoms with E-state index in [1.165, 1.54) is 11.3 Å². The lowest BCUT2D eigenvalue weighted by molar-refractivity contribution is -0.149. The minimum Gasteiger partial charge on any atom is -0.482 e. The van der Waals surface area contributed by atoms with E-state index < -0.39 is 24.4 Å². The fourth-order valence-electron chi connectivity index (χ4n) is 3.11. The molecule has 2 aromatic rings. The van der Waals surface area contributed by atoms with E-state index in [0.717, 1.165) is 41.7 Å². The van der Waals surface area contributed by atoms with Gasteiger partial charge < -0.3 is 20.5 Å². The average Bonchev–Trinajstić information content (AvgIpc) is 3.02. The summed E-state index contributed by atoms with van der Waals surface area (Å²) in [6.07, 6.45) is 3.71. The Morgan fingerprint density at radius 1 is 1.18 bits per heavy atom. The molecule has 0 fully saturated rings. The summed E-state index contributed by atoms with van der Waals surface area (Å²) >= 11 is 1.36. The summed E-state index contributed by atoms with van der Waals surface area (Å²) < 4.78 is 10.3. The number of fused-ring (bicyclic) bond motifs is 1. The van der Waals surface area contributed by atoms with Gasteiger partial charge in [-0.05, 0) is 55.9 Å². The number of aryl methyl sites for hydroxylation is 2. The normalized spacial score (nSPS) is 12.8. The summed E-state index contributed by atoms with van der Waals surface area (Å²) in [5, 5.41) is 3.07. The molecule has 7 nitrogen and oxygen atoms in total. The molecular weight excluding hydrogens is 380 g/mol. The maximum absolute atomic E-state index is 12.1. The molecule has 1 aromatic heterocycles. The van der Waals surface area contributed by atoms with E-state index in [0.29, 0.717) is 16.3 Å². The van der Waals surface area contributed by atoms with Gasteiger partial charge in [-0.15, -0.1) is 11.3 Å². The zero-order valence-electron chi connectivity index (χ0n) is 15.6. The van der Waals surface area contributed by atoms with Crippen LogP contribution in [0.1, 0.15) is 39.2 Å². The smallest absolute Gasteiger partial charge is 0.344 e. The number of benzene rings is 1. The van der Waals surface area contributed by atoms with E-state index in [1.54, 1.807) is 12.1 Å². The first-order valence-corrected chi connectivity index (χ1v) is 9.85. The van der Waals surface area contributed by atoms with Crippen molar-refractivity contribution >= 4 is 34.1 Å². The molecule has 28 heavy (non-hydrogen) atoms. The predicted octanol–water partition coefficient (Wildman–Crippen LogP) is 2.59. The van der Waals surface area contributed by atoms with Crippen molar-refractivity contribution < 1.29 is 23.9 Å². The highest BCUT2D eigenvalue weighted by Crippen LogP contribution is 2.37. The molecule has 0 spiro atoms. The predicted molar refractivity (Wildman–Crippen MR) is 106 cm³/mol. The Morgan fingerprint density at radius 2 is 1.96 bits per heavy atom. The highest BCUT2D eigenvalue weighted by atomic mass is 32.1. The van der Waals surface area contributed by atoms with E-state index >= 15 is 0 Å². The van der Waals surface area contributed by atoms with Gasteiger partial charge in [-0.1, -0.05) is 12.1 Å². The molecule has 1 aliphatic carbocycles. The Morgan fingerprint density at radius 3 is 2.71 bits per heavy atom. The van der Waals surface area contributed by atoms with Crippen LogP contribution in [0.15, 0.2) is 24.3 Å². The van der Waals surface area contributed by atoms with Crippen LogP contribution in [-0.2, 0) is 27.2 Å². The minimum absolute atomic E-state index is 0.295. The summed E-state index contributed by atoms with van der Waals surface area (Å²) in [5.41, 5.74) is 7.82. The molecule has 1 aliphatic rings. The van der Waals surface area contributed by atoms with Crippen molar-refractivity contribution in [3.8, 4) is 5.75 Å². The molecule has 0 atom stereocenters. The van der Waals surface area contributed by atoms with Crippen molar-refractivity contribution in [1.29, 1.82) is 0 Å². The van der Waals surface area contributed by atoms with Crippen molar-refractivity contribution in [3.05, 3.63) is 45.8 Å². The van der Waals surface area contributed by atoms with Crippen LogP contribution in [0.25, 0.3) is 0 Å². The first-order chi connectivity index (χ1) is 13.4. The lowest BCUT2D eigenvalue weighted by atomic mass is 9.95. The molecule has 148 valence electrons. The summed E-state index contributed by atoms with van der Waals surface area (Å²) in [6.45, 7) is 1.16. The second-order valence-electron chi connectivity index (χ2n) is 6.59. The summed E-state index contributed by atoms with van der Waals surface area (Å²) in [7, 11) is 0. The van der Waals surface area contributed by atoms with Gasteiger partial charge >= 0.3 is 5.97 Å². The number of ether oxygens (including phenoxy) is 2. The monoisotopic (exact) mass is 402 g/mol. The quantitative estimate of drug-likeness (QED) is 0.692. The standard InChI is InChI=1S/C20H22N2O5S/c1-12-5-4-6-13(9-12)26-11-17(24)27-10-16(23)22-20-18(19(21)25)14-7-2-3-8-15(14)28-20/h4-6,9H,2-3,7-8,10-11H2,1H3,(H2,21,25)(H,22,23). The van der Waals surface area contributed by atoms with E-state index in [1.807, 2.05) is 19.1 Å². The number of amides is 2. The second-order valence-corrected chi connectivity index (χ2v) is 7.70. The van der Waals surface area contributed by atoms with Crippen molar-refractivity contribution in [3.63, 3.8) is 0 Å². The van der Waals surface area contributed by atoms with Gasteiger partial charge in [-0.25, -0.2) is 4.79 Å². The molecule has 0 saturated heterocycles. The molecule has 1 heterocycles. The van der Waals surface area contributed by atoms with Crippen molar-refractivity contribution in [2.24, 2.45) is 5.73 Å². The van der Waals surface area contributed by atoms with Crippen LogP contribution < -0.4 is 15.8 Å². The third kappa shape index (κ3) is 4.89. The molecule has 0 bridgehead atoms. The zero-order chi connectivity index (χ0) is 20.1. The summed E-state index contributed by atoms with van der Waals surface area (Å²) in [4.78, 5) is 36.8. The highest BCUT2D eigenvalue weighted by molar-refractivity contribution is 7.17. The van der Waals surface area contributed by atoms with Gasteiger partial charge in [0.2, 0.25) is 0 Å². The van der Waals surface area contributed by atoms with Gasteiger partial charge in [0.25, 0.3) is 11.8 Å². The average molecular weight is 402 g/mol. The molecule has 3 rings (SSSR count). The lowest BCUT2D eigenvalue weighted by Gasteiger charge is -2.11. The van der Waals surface area contributed by atoms with Crippen LogP contribution in [0.2, 0.25) is 0 Å². The van der Waals surface area contributed by atoms with Gasteiger partial charge in [0.05, 0.1) is 5.56 Å². The van der Waals surface area contributed by atoms with Crippen LogP contribution in [-0.4, -0.2) is 31.0 Å². The first kappa shape index (κ1) is 19.9. The molecule has 0 radical (unpaired) electrons. The van der Waals surface area contributed by atoms with Gasteiger partial charge in [-0.3, -0.25) is 9.59 Å². The van der Waals surface area contributed by atoms with Crippen LogP contribution in [0.4, 0.5) is 5.00 Å². The fourth-order valence-corrected chi connectivity index (χ4v) is 4.42. The van der Waals surface area contributed by atoms with E-state index in [2.05, 4.69) is 5.32 Å². The summed E-state index contributed by atoms with van der Waals surface area (Å²) in [6, 6.07) is 7.26. The second kappa shape index (κ2) is 8.88. The Kier molecular flexibility index (Phi) is 6.30. The number of carbonyl (C=O) groups is 3. The number of hydrogen-bond donors (Lipinski definition) is 2. The Labute approximate surface area is 166 Å². The Bertz CT molecular complexity index is 906. The third-order valence-electron chi connectivity index (χ3n) is 4.38. The molecular formula is C20H22N2O5S. The number of hydrogen-bond acceptors (Lipinski definition) is 6. The maximum Gasteiger partial charge on any atom is 0.344 e. The van der Waals surface area contributed by atoms with Gasteiger partial charge in [-0.2, -0.15) is 0 Å². The topological polar surface area (TPSA) is 108 Å². The maximum atomic E-state index is 12.1. The molecule has 8 heteroatoms. The number of esters is 1. The first-order valence-electron chi connectivity index (χ1n) is 9.03. The largest absolute Gasteiger partial charge is 0.482 e. The number of thiophene rings is 1. The molecule has 0 unspecified atom stereocenters. The number of anilines is 1. The Balaban J connectivity index is 1.52. The summed E-state index contributed by atoms with van der Waals surface area (Å²) in [5.74, 6) is -1.18. The zero-order valence-corrected chi connectivity index (χ0v) is 16.4. The van der Waals surface area contributed by atoms with Crippen LogP contribution in [0, 0.1) is 6.92 Å². The molecule has 3 N–H and O–H groups in total. The van der Waals surface area contributed by atoms with Crippen molar-refractivity contribution in [2.45, 2.75) is 32.6 Å². The van der Waals surface area contributed by atoms with Crippen molar-refractivity contribution in [1.82, 2.24) is 0 Å². The van der Waals surface area contributed by atoms with E-state index in [-0.39, 0.29) is 6.61 Å². The fraction of sp³-hybridized carbons (Fsp3) is 0.350. The third-order valence-corrected chi connectivity index (χ3v) is 5.59. The Hall–Kier alpha value is -2.87. The van der Waals surface area contributed by atoms with Gasteiger partial charge in [0, 0.05) is 4.88 Å². The molecule has 2 amide bonds. The molecule has 1 aromatic carbocycles.